The van der Waals surface area contributed by atoms with Crippen LogP contribution in [0.2, 0.25) is 0 Å². The van der Waals surface area contributed by atoms with Crippen molar-refractivity contribution in [2.75, 3.05) is 17.2 Å². The molecular weight excluding hydrogens is 281 g/mol. The number of nitrogens with zero attached hydrogens (tertiary/aromatic N) is 1. The van der Waals surface area contributed by atoms with Gasteiger partial charge in [0, 0.05) is 6.54 Å². The Balaban J connectivity index is 1.87. The number of carbonyl (C=O) groups is 1. The average Bonchev–Trinajstić information content (AvgIpc) is 2.49. The van der Waals surface area contributed by atoms with Gasteiger partial charge >= 0.3 is 0 Å². The Hall–Kier alpha value is -2.43. The number of nitrogens with one attached hydrogen (secondary N) is 2. The summed E-state index contributed by atoms with van der Waals surface area (Å²) in [6.45, 7) is 5.13. The molecule has 2 N–H and O–H groups in total. The van der Waals surface area contributed by atoms with Crippen LogP contribution in [0.3, 0.4) is 0 Å². The number of benzene rings is 1. The van der Waals surface area contributed by atoms with Gasteiger partial charge in [-0.3, -0.25) is 4.79 Å². The fourth-order valence-electron chi connectivity index (χ4n) is 1.87. The Kier molecular flexibility index (Phi) is 5.47. The first-order chi connectivity index (χ1) is 10.5. The van der Waals surface area contributed by atoms with Gasteiger partial charge in [0.05, 0.1) is 18.3 Å². The van der Waals surface area contributed by atoms with Gasteiger partial charge in [0.2, 0.25) is 5.91 Å². The highest BCUT2D eigenvalue weighted by Gasteiger charge is 2.05. The minimum atomic E-state index is -0.310. The number of rotatable bonds is 6. The molecule has 0 bridgehead atoms. The minimum Gasteiger partial charge on any atom is -0.384 e. The maximum atomic E-state index is 12.8. The topological polar surface area (TPSA) is 54.0 Å². The minimum absolute atomic E-state index is 0.179. The maximum Gasteiger partial charge on any atom is 0.229 e. The molecule has 0 aliphatic carbocycles. The molecule has 0 aliphatic rings. The fraction of sp³-hybridized carbons (Fsp3) is 0.294. The van der Waals surface area contributed by atoms with E-state index in [4.69, 9.17) is 0 Å². The zero-order valence-electron chi connectivity index (χ0n) is 12.8. The van der Waals surface area contributed by atoms with E-state index in [2.05, 4.69) is 29.5 Å². The highest BCUT2D eigenvalue weighted by molar-refractivity contribution is 5.91. The third-order valence-electron chi connectivity index (χ3n) is 3.02. The van der Waals surface area contributed by atoms with E-state index in [1.807, 2.05) is 6.07 Å². The lowest BCUT2D eigenvalue weighted by Crippen LogP contribution is -2.15. The van der Waals surface area contributed by atoms with Gasteiger partial charge in [-0.2, -0.15) is 0 Å². The molecule has 0 radical (unpaired) electrons. The summed E-state index contributed by atoms with van der Waals surface area (Å²) in [7, 11) is 0. The normalized spacial score (nSPS) is 10.5. The molecule has 0 saturated carbocycles. The first-order valence-corrected chi connectivity index (χ1v) is 7.27. The third kappa shape index (κ3) is 5.16. The zero-order chi connectivity index (χ0) is 15.9. The predicted molar refractivity (Wildman–Crippen MR) is 86.3 cm³/mol. The van der Waals surface area contributed by atoms with Crippen molar-refractivity contribution in [3.8, 4) is 0 Å². The molecule has 116 valence electrons. The van der Waals surface area contributed by atoms with Gasteiger partial charge in [0.1, 0.15) is 11.6 Å². The Morgan fingerprint density at radius 3 is 2.50 bits per heavy atom. The number of hydrogen-bond acceptors (Lipinski definition) is 3. The Morgan fingerprint density at radius 2 is 1.91 bits per heavy atom. The molecule has 2 rings (SSSR count). The van der Waals surface area contributed by atoms with Crippen LogP contribution in [0.15, 0.2) is 42.6 Å². The van der Waals surface area contributed by atoms with Gasteiger partial charge in [0.25, 0.3) is 0 Å². The number of carbonyl (C=O) groups excluding carboxylic acids is 1. The molecule has 1 heterocycles. The summed E-state index contributed by atoms with van der Waals surface area (Å²) in [5.41, 5.74) is 1.68. The number of anilines is 2. The smallest absolute Gasteiger partial charge is 0.229 e. The van der Waals surface area contributed by atoms with Crippen LogP contribution in [0.5, 0.6) is 0 Å². The van der Waals surface area contributed by atoms with E-state index in [1.165, 1.54) is 12.1 Å². The Labute approximate surface area is 129 Å². The van der Waals surface area contributed by atoms with E-state index in [9.17, 15) is 9.18 Å². The van der Waals surface area contributed by atoms with E-state index in [0.29, 0.717) is 11.7 Å². The molecule has 1 aromatic carbocycles. The largest absolute Gasteiger partial charge is 0.384 e. The van der Waals surface area contributed by atoms with E-state index >= 15 is 0 Å². The number of aromatic nitrogens is 1. The van der Waals surface area contributed by atoms with Gasteiger partial charge in [-0.05, 0) is 35.7 Å². The van der Waals surface area contributed by atoms with Crippen molar-refractivity contribution < 1.29 is 9.18 Å². The Bertz CT molecular complexity index is 609. The molecule has 0 saturated heterocycles. The SMILES string of the molecule is CC(C)CNc1ccc(NC(=O)Cc2ccc(F)cc2)nc1. The highest BCUT2D eigenvalue weighted by Crippen LogP contribution is 2.11. The maximum absolute atomic E-state index is 12.8. The van der Waals surface area contributed by atoms with Crippen LogP contribution in [0, 0.1) is 11.7 Å². The van der Waals surface area contributed by atoms with Gasteiger partial charge in [-0.1, -0.05) is 26.0 Å². The lowest BCUT2D eigenvalue weighted by Gasteiger charge is -2.09. The fourth-order valence-corrected chi connectivity index (χ4v) is 1.87. The van der Waals surface area contributed by atoms with Crippen LogP contribution in [-0.2, 0) is 11.2 Å². The number of amides is 1. The molecular formula is C17H20FN3O. The van der Waals surface area contributed by atoms with Gasteiger partial charge in [-0.15, -0.1) is 0 Å². The van der Waals surface area contributed by atoms with Crippen molar-refractivity contribution in [1.29, 1.82) is 0 Å². The monoisotopic (exact) mass is 301 g/mol. The number of pyridine rings is 1. The van der Waals surface area contributed by atoms with Crippen LogP contribution >= 0.6 is 0 Å². The number of hydrogen-bond donors (Lipinski definition) is 2. The van der Waals surface area contributed by atoms with Crippen molar-refractivity contribution in [3.05, 3.63) is 54.0 Å². The molecule has 5 heteroatoms. The van der Waals surface area contributed by atoms with Gasteiger partial charge in [0.15, 0.2) is 0 Å². The second-order valence-corrected chi connectivity index (χ2v) is 5.56. The summed E-state index contributed by atoms with van der Waals surface area (Å²) in [5, 5.41) is 5.98. The van der Waals surface area contributed by atoms with Crippen LogP contribution in [0.1, 0.15) is 19.4 Å². The standard InChI is InChI=1S/C17H20FN3O/c1-12(2)10-19-15-7-8-16(20-11-15)21-17(22)9-13-3-5-14(18)6-4-13/h3-8,11-12,19H,9-10H2,1-2H3,(H,20,21,22). The van der Waals surface area contributed by atoms with Crippen molar-refractivity contribution in [1.82, 2.24) is 4.98 Å². The quantitative estimate of drug-likeness (QED) is 0.859. The van der Waals surface area contributed by atoms with Crippen molar-refractivity contribution in [2.45, 2.75) is 20.3 Å². The van der Waals surface area contributed by atoms with Crippen molar-refractivity contribution in [3.63, 3.8) is 0 Å². The third-order valence-corrected chi connectivity index (χ3v) is 3.02. The van der Waals surface area contributed by atoms with E-state index in [1.54, 1.807) is 24.4 Å². The molecule has 0 unspecified atom stereocenters. The van der Waals surface area contributed by atoms with Crippen LogP contribution in [0.25, 0.3) is 0 Å². The van der Waals surface area contributed by atoms with Gasteiger partial charge in [-0.25, -0.2) is 9.37 Å². The second-order valence-electron chi connectivity index (χ2n) is 5.56. The first kappa shape index (κ1) is 15.9. The highest BCUT2D eigenvalue weighted by atomic mass is 19.1. The lowest BCUT2D eigenvalue weighted by molar-refractivity contribution is -0.115. The summed E-state index contributed by atoms with van der Waals surface area (Å²) in [6.07, 6.45) is 1.88. The summed E-state index contributed by atoms with van der Waals surface area (Å²) < 4.78 is 12.8. The van der Waals surface area contributed by atoms with Crippen molar-refractivity contribution >= 4 is 17.4 Å². The molecule has 4 nitrogen and oxygen atoms in total. The molecule has 0 fully saturated rings. The zero-order valence-corrected chi connectivity index (χ0v) is 12.8. The summed E-state index contributed by atoms with van der Waals surface area (Å²) in [4.78, 5) is 16.1. The summed E-state index contributed by atoms with van der Waals surface area (Å²) in [5.74, 6) is 0.564. The average molecular weight is 301 g/mol. The molecule has 0 spiro atoms. The number of halogens is 1. The predicted octanol–water partition coefficient (Wildman–Crippen LogP) is 3.47. The van der Waals surface area contributed by atoms with Crippen LogP contribution < -0.4 is 10.6 Å². The van der Waals surface area contributed by atoms with Crippen molar-refractivity contribution in [2.24, 2.45) is 5.92 Å². The van der Waals surface area contributed by atoms with E-state index < -0.39 is 0 Å². The van der Waals surface area contributed by atoms with E-state index in [-0.39, 0.29) is 18.1 Å². The molecule has 1 amide bonds. The first-order valence-electron chi connectivity index (χ1n) is 7.27. The van der Waals surface area contributed by atoms with Crippen LogP contribution in [0.4, 0.5) is 15.9 Å². The summed E-state index contributed by atoms with van der Waals surface area (Å²) in [6, 6.07) is 9.52. The lowest BCUT2D eigenvalue weighted by atomic mass is 10.1. The Morgan fingerprint density at radius 1 is 1.18 bits per heavy atom. The second kappa shape index (κ2) is 7.54. The molecule has 22 heavy (non-hydrogen) atoms. The molecule has 0 aliphatic heterocycles. The van der Waals surface area contributed by atoms with Gasteiger partial charge < -0.3 is 10.6 Å². The summed E-state index contributed by atoms with van der Waals surface area (Å²) >= 11 is 0. The molecule has 2 aromatic rings. The van der Waals surface area contributed by atoms with Crippen LogP contribution in [-0.4, -0.2) is 17.4 Å². The molecule has 0 atom stereocenters. The molecule has 1 aromatic heterocycles. The van der Waals surface area contributed by atoms with E-state index in [0.717, 1.165) is 17.8 Å².